The maximum absolute atomic E-state index is 13.1. The first-order valence-electron chi connectivity index (χ1n) is 8.02. The molecule has 2 N–H and O–H groups in total. The van der Waals surface area contributed by atoms with Gasteiger partial charge >= 0.3 is 6.03 Å². The van der Waals surface area contributed by atoms with E-state index in [4.69, 9.17) is 11.6 Å². The number of barbiturate groups is 1. The molecule has 7 nitrogen and oxygen atoms in total. The molecule has 5 amide bonds. The third kappa shape index (κ3) is 2.88. The van der Waals surface area contributed by atoms with Crippen LogP contribution in [0.2, 0.25) is 5.02 Å². The zero-order valence-corrected chi connectivity index (χ0v) is 14.5. The van der Waals surface area contributed by atoms with Crippen LogP contribution in [0.15, 0.2) is 54.1 Å². The van der Waals surface area contributed by atoms with Crippen molar-refractivity contribution in [3.8, 4) is 0 Å². The highest BCUT2D eigenvalue weighted by molar-refractivity contribution is 6.44. The molecule has 0 aromatic heterocycles. The number of benzene rings is 2. The fourth-order valence-electron chi connectivity index (χ4n) is 3.14. The normalized spacial score (nSPS) is 16.4. The number of amides is 5. The molecule has 0 spiro atoms. The number of nitrogens with one attached hydrogen (secondary N) is 2. The van der Waals surface area contributed by atoms with Crippen LogP contribution in [-0.4, -0.2) is 23.8 Å². The Morgan fingerprint density at radius 2 is 1.44 bits per heavy atom. The molecule has 0 atom stereocenters. The summed E-state index contributed by atoms with van der Waals surface area (Å²) in [5.74, 6) is -2.27. The van der Waals surface area contributed by atoms with Gasteiger partial charge in [-0.1, -0.05) is 41.9 Å². The number of para-hydroxylation sites is 1. The minimum Gasteiger partial charge on any atom is -0.303 e. The van der Waals surface area contributed by atoms with Crippen LogP contribution in [0.1, 0.15) is 11.1 Å². The average molecular weight is 382 g/mol. The summed E-state index contributed by atoms with van der Waals surface area (Å²) in [4.78, 5) is 50.3. The van der Waals surface area contributed by atoms with Gasteiger partial charge < -0.3 is 4.90 Å². The molecule has 0 unspecified atom stereocenters. The van der Waals surface area contributed by atoms with Crippen LogP contribution in [-0.2, 0) is 20.9 Å². The summed E-state index contributed by atoms with van der Waals surface area (Å²) in [5, 5.41) is 4.59. The summed E-state index contributed by atoms with van der Waals surface area (Å²) < 4.78 is 0. The smallest absolute Gasteiger partial charge is 0.303 e. The number of rotatable bonds is 2. The number of carbonyl (C=O) groups is 4. The van der Waals surface area contributed by atoms with Crippen molar-refractivity contribution in [3.63, 3.8) is 0 Å². The Labute approximate surface area is 158 Å². The summed E-state index contributed by atoms with van der Waals surface area (Å²) in [6.07, 6.45) is 0. The van der Waals surface area contributed by atoms with Gasteiger partial charge in [-0.2, -0.15) is 0 Å². The maximum Gasteiger partial charge on any atom is 0.328 e. The first kappa shape index (κ1) is 17.0. The van der Waals surface area contributed by atoms with E-state index in [0.717, 1.165) is 5.56 Å². The van der Waals surface area contributed by atoms with E-state index >= 15 is 0 Å². The average Bonchev–Trinajstić information content (AvgIpc) is 2.89. The van der Waals surface area contributed by atoms with Crippen LogP contribution in [0, 0.1) is 0 Å². The molecular weight excluding hydrogens is 370 g/mol. The van der Waals surface area contributed by atoms with Crippen molar-refractivity contribution < 1.29 is 19.2 Å². The quantitative estimate of drug-likeness (QED) is 0.614. The highest BCUT2D eigenvalue weighted by Gasteiger charge is 2.40. The summed E-state index contributed by atoms with van der Waals surface area (Å²) in [7, 11) is 0. The molecule has 2 aliphatic rings. The number of nitrogens with zero attached hydrogens (tertiary/aromatic N) is 1. The van der Waals surface area contributed by atoms with Crippen LogP contribution >= 0.6 is 11.6 Å². The molecule has 0 bridgehead atoms. The maximum atomic E-state index is 13.1. The summed E-state index contributed by atoms with van der Waals surface area (Å²) >= 11 is 5.90. The topological polar surface area (TPSA) is 95.6 Å². The third-order valence-corrected chi connectivity index (χ3v) is 4.59. The Bertz CT molecular complexity index is 1020. The number of hydrogen-bond acceptors (Lipinski definition) is 4. The van der Waals surface area contributed by atoms with E-state index in [1.165, 1.54) is 4.90 Å². The predicted octanol–water partition coefficient (Wildman–Crippen LogP) is 2.01. The first-order valence-corrected chi connectivity index (χ1v) is 8.40. The van der Waals surface area contributed by atoms with Crippen LogP contribution in [0.5, 0.6) is 0 Å². The van der Waals surface area contributed by atoms with Gasteiger partial charge in [-0.25, -0.2) is 4.79 Å². The second-order valence-electron chi connectivity index (χ2n) is 6.02. The molecule has 2 aliphatic heterocycles. The predicted molar refractivity (Wildman–Crippen MR) is 97.7 cm³/mol. The van der Waals surface area contributed by atoms with Gasteiger partial charge in [-0.3, -0.25) is 25.0 Å². The number of carbonyl (C=O) groups excluding carboxylic acids is 4. The van der Waals surface area contributed by atoms with Crippen LogP contribution in [0.25, 0.3) is 5.57 Å². The molecule has 4 rings (SSSR count). The minimum absolute atomic E-state index is 0.0259. The van der Waals surface area contributed by atoms with Crippen molar-refractivity contribution in [2.45, 2.75) is 6.54 Å². The van der Waals surface area contributed by atoms with E-state index in [1.807, 2.05) is 10.6 Å². The van der Waals surface area contributed by atoms with Crippen molar-refractivity contribution in [2.24, 2.45) is 0 Å². The van der Waals surface area contributed by atoms with E-state index in [0.29, 0.717) is 16.3 Å². The van der Waals surface area contributed by atoms with Gasteiger partial charge in [-0.05, 0) is 23.8 Å². The van der Waals surface area contributed by atoms with Gasteiger partial charge in [-0.15, -0.1) is 0 Å². The van der Waals surface area contributed by atoms with E-state index in [2.05, 4.69) is 0 Å². The highest BCUT2D eigenvalue weighted by Crippen LogP contribution is 2.39. The molecule has 2 aromatic rings. The fourth-order valence-corrected chi connectivity index (χ4v) is 3.27. The molecule has 27 heavy (non-hydrogen) atoms. The lowest BCUT2D eigenvalue weighted by molar-refractivity contribution is -0.124. The lowest BCUT2D eigenvalue weighted by Crippen LogP contribution is -2.52. The van der Waals surface area contributed by atoms with E-state index in [9.17, 15) is 19.2 Å². The number of hydrogen-bond donors (Lipinski definition) is 2. The molecule has 0 aliphatic carbocycles. The lowest BCUT2D eigenvalue weighted by atomic mass is 9.99. The fraction of sp³-hybridized carbons (Fsp3) is 0.0526. The Hall–Kier alpha value is -3.45. The standard InChI is InChI=1S/C19H12ClN3O4/c20-11-7-5-10(6-8-11)9-23-13-4-2-1-3-12(13)14(18(23)26)15-16(24)21-19(27)22-17(15)25/h1-8H,9H2,(H2,21,22,24,25,27). The zero-order valence-electron chi connectivity index (χ0n) is 13.8. The van der Waals surface area contributed by atoms with Gasteiger partial charge in [0.15, 0.2) is 0 Å². The van der Waals surface area contributed by atoms with Crippen molar-refractivity contribution >= 4 is 46.6 Å². The summed E-state index contributed by atoms with van der Waals surface area (Å²) in [5.41, 5.74) is 1.48. The molecule has 2 heterocycles. The minimum atomic E-state index is -0.911. The molecule has 2 aromatic carbocycles. The molecule has 134 valence electrons. The van der Waals surface area contributed by atoms with E-state index < -0.39 is 23.8 Å². The first-order chi connectivity index (χ1) is 13.0. The van der Waals surface area contributed by atoms with Gasteiger partial charge in [0.25, 0.3) is 17.7 Å². The Kier molecular flexibility index (Phi) is 4.01. The van der Waals surface area contributed by atoms with Crippen molar-refractivity contribution in [2.75, 3.05) is 4.90 Å². The molecule has 1 saturated heterocycles. The largest absolute Gasteiger partial charge is 0.328 e. The highest BCUT2D eigenvalue weighted by atomic mass is 35.5. The van der Waals surface area contributed by atoms with Gasteiger partial charge in [0, 0.05) is 10.6 Å². The number of urea groups is 1. The van der Waals surface area contributed by atoms with E-state index in [-0.39, 0.29) is 17.7 Å². The lowest BCUT2D eigenvalue weighted by Gasteiger charge is -2.18. The van der Waals surface area contributed by atoms with E-state index in [1.54, 1.807) is 48.5 Å². The molecular formula is C19H12ClN3O4. The second-order valence-corrected chi connectivity index (χ2v) is 6.46. The number of imide groups is 2. The number of halogens is 1. The van der Waals surface area contributed by atoms with Crippen LogP contribution in [0.4, 0.5) is 10.5 Å². The number of anilines is 1. The summed E-state index contributed by atoms with van der Waals surface area (Å²) in [6, 6.07) is 13.0. The van der Waals surface area contributed by atoms with Crippen molar-refractivity contribution in [1.82, 2.24) is 10.6 Å². The Balaban J connectivity index is 1.81. The second kappa shape index (κ2) is 6.37. The van der Waals surface area contributed by atoms with Crippen molar-refractivity contribution in [3.05, 3.63) is 70.3 Å². The molecule has 8 heteroatoms. The van der Waals surface area contributed by atoms with Crippen molar-refractivity contribution in [1.29, 1.82) is 0 Å². The Morgan fingerprint density at radius 1 is 0.815 bits per heavy atom. The third-order valence-electron chi connectivity index (χ3n) is 4.34. The SMILES string of the molecule is O=C1NC(=O)C(=C2C(=O)N(Cc3ccc(Cl)cc3)c3ccccc32)C(=O)N1. The zero-order chi connectivity index (χ0) is 19.1. The summed E-state index contributed by atoms with van der Waals surface area (Å²) in [6.45, 7) is 0.242. The number of fused-ring (bicyclic) bond motifs is 1. The van der Waals surface area contributed by atoms with Gasteiger partial charge in [0.1, 0.15) is 5.57 Å². The van der Waals surface area contributed by atoms with Gasteiger partial charge in [0.2, 0.25) is 0 Å². The Morgan fingerprint density at radius 3 is 2.11 bits per heavy atom. The van der Waals surface area contributed by atoms with Gasteiger partial charge in [0.05, 0.1) is 17.8 Å². The molecule has 1 fully saturated rings. The molecule has 0 saturated carbocycles. The van der Waals surface area contributed by atoms with Crippen LogP contribution in [0.3, 0.4) is 0 Å². The monoisotopic (exact) mass is 381 g/mol. The van der Waals surface area contributed by atoms with Crippen LogP contribution < -0.4 is 15.5 Å². The molecule has 0 radical (unpaired) electrons.